The molecule has 0 bridgehead atoms. The lowest BCUT2D eigenvalue weighted by molar-refractivity contribution is -0.120. The average molecular weight is 367 g/mol. The van der Waals surface area contributed by atoms with Crippen LogP contribution in [-0.2, 0) is 14.8 Å². The standard InChI is InChI=1S/C17H22N2O3S2/c1-4-15(16-9-6-10-23-16)18-17(20)12-19(24(3,21)22)14-8-5-7-13(2)11-14/h5-11,15H,4,12H2,1-3H3,(H,18,20). The Kier molecular flexibility index (Phi) is 6.01. The van der Waals surface area contributed by atoms with Crippen molar-refractivity contribution in [1.29, 1.82) is 0 Å². The molecule has 7 heteroatoms. The molecule has 1 amide bonds. The number of aryl methyl sites for hydroxylation is 1. The number of carbonyl (C=O) groups is 1. The molecule has 1 atom stereocenters. The zero-order valence-electron chi connectivity index (χ0n) is 14.0. The summed E-state index contributed by atoms with van der Waals surface area (Å²) in [5.41, 5.74) is 1.43. The van der Waals surface area contributed by atoms with E-state index in [1.165, 1.54) is 0 Å². The van der Waals surface area contributed by atoms with Crippen LogP contribution in [0.3, 0.4) is 0 Å². The molecule has 1 unspecified atom stereocenters. The first-order valence-corrected chi connectivity index (χ1v) is 10.4. The van der Waals surface area contributed by atoms with Gasteiger partial charge in [-0.05, 0) is 42.5 Å². The van der Waals surface area contributed by atoms with Gasteiger partial charge in [0.15, 0.2) is 0 Å². The molecule has 1 aromatic heterocycles. The minimum absolute atomic E-state index is 0.101. The monoisotopic (exact) mass is 366 g/mol. The fourth-order valence-electron chi connectivity index (χ4n) is 2.42. The average Bonchev–Trinajstić information content (AvgIpc) is 3.03. The fraction of sp³-hybridized carbons (Fsp3) is 0.353. The molecule has 1 aromatic carbocycles. The first kappa shape index (κ1) is 18.5. The number of nitrogens with zero attached hydrogens (tertiary/aromatic N) is 1. The van der Waals surface area contributed by atoms with Gasteiger partial charge in [0.25, 0.3) is 0 Å². The predicted octanol–water partition coefficient (Wildman–Crippen LogP) is 3.09. The van der Waals surface area contributed by atoms with Gasteiger partial charge in [-0.3, -0.25) is 9.10 Å². The Balaban J connectivity index is 2.16. The highest BCUT2D eigenvalue weighted by Crippen LogP contribution is 2.22. The number of anilines is 1. The van der Waals surface area contributed by atoms with Crippen LogP contribution in [0.4, 0.5) is 5.69 Å². The van der Waals surface area contributed by atoms with Gasteiger partial charge in [0.2, 0.25) is 15.9 Å². The maximum absolute atomic E-state index is 12.4. The highest BCUT2D eigenvalue weighted by molar-refractivity contribution is 7.92. The van der Waals surface area contributed by atoms with Gasteiger partial charge >= 0.3 is 0 Å². The summed E-state index contributed by atoms with van der Waals surface area (Å²) in [7, 11) is -3.55. The molecule has 24 heavy (non-hydrogen) atoms. The lowest BCUT2D eigenvalue weighted by atomic mass is 10.2. The van der Waals surface area contributed by atoms with Gasteiger partial charge < -0.3 is 5.32 Å². The summed E-state index contributed by atoms with van der Waals surface area (Å²) in [5.74, 6) is -0.317. The molecule has 0 aliphatic heterocycles. The third-order valence-electron chi connectivity index (χ3n) is 3.61. The van der Waals surface area contributed by atoms with Crippen LogP contribution in [0.1, 0.15) is 29.8 Å². The highest BCUT2D eigenvalue weighted by Gasteiger charge is 2.22. The highest BCUT2D eigenvalue weighted by atomic mass is 32.2. The maximum Gasteiger partial charge on any atom is 0.241 e. The van der Waals surface area contributed by atoms with Crippen molar-refractivity contribution in [3.05, 3.63) is 52.2 Å². The number of hydrogen-bond donors (Lipinski definition) is 1. The van der Waals surface area contributed by atoms with E-state index < -0.39 is 10.0 Å². The van der Waals surface area contributed by atoms with Crippen molar-refractivity contribution in [2.24, 2.45) is 0 Å². The minimum atomic E-state index is -3.55. The van der Waals surface area contributed by atoms with Gasteiger partial charge in [0.1, 0.15) is 6.54 Å². The Morgan fingerprint density at radius 2 is 2.04 bits per heavy atom. The van der Waals surface area contributed by atoms with Crippen molar-refractivity contribution in [2.45, 2.75) is 26.3 Å². The van der Waals surface area contributed by atoms with E-state index in [0.29, 0.717) is 5.69 Å². The smallest absolute Gasteiger partial charge is 0.241 e. The van der Waals surface area contributed by atoms with E-state index >= 15 is 0 Å². The van der Waals surface area contributed by atoms with Crippen LogP contribution in [0, 0.1) is 6.92 Å². The summed E-state index contributed by atoms with van der Waals surface area (Å²) >= 11 is 1.57. The Hall–Kier alpha value is -1.86. The quantitative estimate of drug-likeness (QED) is 0.819. The topological polar surface area (TPSA) is 66.5 Å². The van der Waals surface area contributed by atoms with Crippen LogP contribution in [0.15, 0.2) is 41.8 Å². The van der Waals surface area contributed by atoms with Crippen LogP contribution < -0.4 is 9.62 Å². The molecule has 2 rings (SSSR count). The molecular weight excluding hydrogens is 344 g/mol. The summed E-state index contributed by atoms with van der Waals surface area (Å²) in [4.78, 5) is 13.5. The number of nitrogens with one attached hydrogen (secondary N) is 1. The molecule has 0 radical (unpaired) electrons. The van der Waals surface area contributed by atoms with Crippen LogP contribution in [0.25, 0.3) is 0 Å². The van der Waals surface area contributed by atoms with Gasteiger partial charge in [0.05, 0.1) is 18.0 Å². The normalized spacial score (nSPS) is 12.6. The summed E-state index contributed by atoms with van der Waals surface area (Å²) in [5, 5.41) is 4.88. The molecule has 0 spiro atoms. The van der Waals surface area contributed by atoms with E-state index in [0.717, 1.165) is 27.4 Å². The van der Waals surface area contributed by atoms with Crippen LogP contribution in [-0.4, -0.2) is 27.1 Å². The lowest BCUT2D eigenvalue weighted by Crippen LogP contribution is -2.41. The molecule has 5 nitrogen and oxygen atoms in total. The van der Waals surface area contributed by atoms with Gasteiger partial charge in [-0.2, -0.15) is 0 Å². The van der Waals surface area contributed by atoms with Crippen molar-refractivity contribution in [1.82, 2.24) is 5.32 Å². The number of benzene rings is 1. The first-order valence-electron chi connectivity index (χ1n) is 7.68. The molecule has 0 aliphatic carbocycles. The molecule has 1 heterocycles. The molecular formula is C17H22N2O3S2. The van der Waals surface area contributed by atoms with E-state index in [2.05, 4.69) is 5.32 Å². The number of hydrogen-bond acceptors (Lipinski definition) is 4. The zero-order chi connectivity index (χ0) is 17.7. The van der Waals surface area contributed by atoms with E-state index in [4.69, 9.17) is 0 Å². The number of sulfonamides is 1. The molecule has 0 fully saturated rings. The Bertz CT molecular complexity index is 786. The van der Waals surface area contributed by atoms with Crippen molar-refractivity contribution < 1.29 is 13.2 Å². The first-order chi connectivity index (χ1) is 11.3. The molecule has 0 aliphatic rings. The largest absolute Gasteiger partial charge is 0.347 e. The van der Waals surface area contributed by atoms with Crippen molar-refractivity contribution in [3.8, 4) is 0 Å². The van der Waals surface area contributed by atoms with E-state index in [-0.39, 0.29) is 18.5 Å². The Morgan fingerprint density at radius 1 is 1.29 bits per heavy atom. The van der Waals surface area contributed by atoms with Gasteiger partial charge in [-0.1, -0.05) is 25.1 Å². The second-order valence-electron chi connectivity index (χ2n) is 5.65. The minimum Gasteiger partial charge on any atom is -0.347 e. The molecule has 130 valence electrons. The number of amides is 1. The fourth-order valence-corrected chi connectivity index (χ4v) is 4.13. The second kappa shape index (κ2) is 7.81. The molecule has 0 saturated heterocycles. The summed E-state index contributed by atoms with van der Waals surface area (Å²) < 4.78 is 25.4. The zero-order valence-corrected chi connectivity index (χ0v) is 15.7. The number of rotatable bonds is 7. The SMILES string of the molecule is CCC(NC(=O)CN(c1cccc(C)c1)S(C)(=O)=O)c1cccs1. The number of thiophene rings is 1. The molecule has 1 N–H and O–H groups in total. The third-order valence-corrected chi connectivity index (χ3v) is 5.73. The molecule has 0 saturated carbocycles. The van der Waals surface area contributed by atoms with Crippen LogP contribution in [0.2, 0.25) is 0 Å². The summed E-state index contributed by atoms with van der Waals surface area (Å²) in [6.45, 7) is 3.64. The summed E-state index contributed by atoms with van der Waals surface area (Å²) in [6, 6.07) is 10.9. The lowest BCUT2D eigenvalue weighted by Gasteiger charge is -2.24. The Labute approximate surface area is 147 Å². The predicted molar refractivity (Wildman–Crippen MR) is 98.9 cm³/mol. The van der Waals surface area contributed by atoms with Crippen molar-refractivity contribution in [3.63, 3.8) is 0 Å². The van der Waals surface area contributed by atoms with Gasteiger partial charge in [0, 0.05) is 4.88 Å². The van der Waals surface area contributed by atoms with E-state index in [1.807, 2.05) is 37.4 Å². The van der Waals surface area contributed by atoms with Gasteiger partial charge in [-0.15, -0.1) is 11.3 Å². The van der Waals surface area contributed by atoms with Crippen LogP contribution in [0.5, 0.6) is 0 Å². The maximum atomic E-state index is 12.4. The van der Waals surface area contributed by atoms with Crippen molar-refractivity contribution in [2.75, 3.05) is 17.1 Å². The van der Waals surface area contributed by atoms with Crippen molar-refractivity contribution >= 4 is 33.0 Å². The molecule has 2 aromatic rings. The van der Waals surface area contributed by atoms with E-state index in [9.17, 15) is 13.2 Å². The second-order valence-corrected chi connectivity index (χ2v) is 8.54. The number of carbonyl (C=O) groups excluding carboxylic acids is 1. The van der Waals surface area contributed by atoms with Crippen LogP contribution >= 0.6 is 11.3 Å². The Morgan fingerprint density at radius 3 is 2.58 bits per heavy atom. The third kappa shape index (κ3) is 4.82. The summed E-state index contributed by atoms with van der Waals surface area (Å²) in [6.07, 6.45) is 1.86. The van der Waals surface area contributed by atoms with E-state index in [1.54, 1.807) is 29.5 Å². The van der Waals surface area contributed by atoms with Gasteiger partial charge in [-0.25, -0.2) is 8.42 Å².